The molecule has 1 N–H and O–H groups in total. The van der Waals surface area contributed by atoms with Gasteiger partial charge in [-0.25, -0.2) is 4.98 Å². The molecule has 0 fully saturated rings. The van der Waals surface area contributed by atoms with Gasteiger partial charge in [0.25, 0.3) is 0 Å². The highest BCUT2D eigenvalue weighted by Crippen LogP contribution is 1.88. The molecule has 0 saturated heterocycles. The van der Waals surface area contributed by atoms with Gasteiger partial charge in [-0.05, 0) is 25.9 Å². The van der Waals surface area contributed by atoms with Gasteiger partial charge in [-0.1, -0.05) is 6.92 Å². The maximum absolute atomic E-state index is 3.98. The van der Waals surface area contributed by atoms with Crippen LogP contribution in [-0.4, -0.2) is 22.6 Å². The van der Waals surface area contributed by atoms with Crippen molar-refractivity contribution in [3.05, 3.63) is 18.7 Å². The van der Waals surface area contributed by atoms with Crippen molar-refractivity contribution in [2.75, 3.05) is 13.1 Å². The van der Waals surface area contributed by atoms with Crippen LogP contribution >= 0.6 is 0 Å². The summed E-state index contributed by atoms with van der Waals surface area (Å²) in [4.78, 5) is 3.98. The summed E-state index contributed by atoms with van der Waals surface area (Å²) in [5.74, 6) is 0. The van der Waals surface area contributed by atoms with Gasteiger partial charge < -0.3 is 9.88 Å². The Balaban J connectivity index is 1.96. The van der Waals surface area contributed by atoms with Gasteiger partial charge in [0, 0.05) is 18.9 Å². The number of nitrogens with zero attached hydrogens (tertiary/aromatic N) is 2. The second-order valence-electron chi connectivity index (χ2n) is 2.90. The van der Waals surface area contributed by atoms with Crippen molar-refractivity contribution in [2.24, 2.45) is 0 Å². The van der Waals surface area contributed by atoms with Gasteiger partial charge in [0.15, 0.2) is 0 Å². The molecule has 0 saturated carbocycles. The smallest absolute Gasteiger partial charge is 0.0945 e. The first-order chi connectivity index (χ1) is 5.93. The van der Waals surface area contributed by atoms with E-state index in [1.54, 1.807) is 0 Å². The largest absolute Gasteiger partial charge is 0.337 e. The number of aromatic nitrogens is 2. The molecule has 12 heavy (non-hydrogen) atoms. The lowest BCUT2D eigenvalue weighted by Crippen LogP contribution is -2.17. The summed E-state index contributed by atoms with van der Waals surface area (Å²) in [6.45, 7) is 5.48. The molecule has 68 valence electrons. The molecular formula is C9H17N3. The highest BCUT2D eigenvalue weighted by atomic mass is 15.0. The maximum atomic E-state index is 3.98. The number of nitrogens with one attached hydrogen (secondary N) is 1. The van der Waals surface area contributed by atoms with Crippen molar-refractivity contribution in [1.82, 2.24) is 14.9 Å². The van der Waals surface area contributed by atoms with Gasteiger partial charge in [0.2, 0.25) is 0 Å². The number of imidazole rings is 1. The molecule has 1 aromatic heterocycles. The Hall–Kier alpha value is -0.830. The first-order valence-electron chi connectivity index (χ1n) is 4.60. The van der Waals surface area contributed by atoms with E-state index < -0.39 is 0 Å². The average molecular weight is 167 g/mol. The van der Waals surface area contributed by atoms with Crippen molar-refractivity contribution < 1.29 is 0 Å². The molecule has 0 atom stereocenters. The third kappa shape index (κ3) is 3.53. The van der Waals surface area contributed by atoms with Crippen LogP contribution < -0.4 is 5.32 Å². The molecule has 0 spiro atoms. The Kier molecular flexibility index (Phi) is 4.46. The first-order valence-corrected chi connectivity index (χ1v) is 4.60. The lowest BCUT2D eigenvalue weighted by atomic mass is 10.4. The molecule has 0 aliphatic rings. The van der Waals surface area contributed by atoms with Crippen LogP contribution in [-0.2, 0) is 6.54 Å². The van der Waals surface area contributed by atoms with E-state index in [-0.39, 0.29) is 0 Å². The maximum Gasteiger partial charge on any atom is 0.0945 e. The summed E-state index contributed by atoms with van der Waals surface area (Å²) < 4.78 is 2.10. The summed E-state index contributed by atoms with van der Waals surface area (Å²) in [5, 5.41) is 3.36. The quantitative estimate of drug-likeness (QED) is 0.647. The zero-order valence-electron chi connectivity index (χ0n) is 7.66. The summed E-state index contributed by atoms with van der Waals surface area (Å²) in [6, 6.07) is 0. The fourth-order valence-electron chi connectivity index (χ4n) is 1.11. The second-order valence-corrected chi connectivity index (χ2v) is 2.90. The van der Waals surface area contributed by atoms with Crippen LogP contribution in [0.15, 0.2) is 18.7 Å². The molecule has 0 aromatic carbocycles. The van der Waals surface area contributed by atoms with E-state index in [2.05, 4.69) is 21.8 Å². The number of hydrogen-bond acceptors (Lipinski definition) is 2. The zero-order valence-corrected chi connectivity index (χ0v) is 7.66. The Morgan fingerprint density at radius 2 is 2.33 bits per heavy atom. The lowest BCUT2D eigenvalue weighted by Gasteiger charge is -2.02. The molecule has 1 heterocycles. The minimum absolute atomic E-state index is 1.07. The van der Waals surface area contributed by atoms with E-state index in [0.29, 0.717) is 0 Å². The van der Waals surface area contributed by atoms with Crippen molar-refractivity contribution in [1.29, 1.82) is 0 Å². The summed E-state index contributed by atoms with van der Waals surface area (Å²) in [7, 11) is 0. The van der Waals surface area contributed by atoms with Crippen molar-refractivity contribution in [3.63, 3.8) is 0 Å². The number of aryl methyl sites for hydroxylation is 1. The second kappa shape index (κ2) is 5.77. The van der Waals surface area contributed by atoms with E-state index in [4.69, 9.17) is 0 Å². The summed E-state index contributed by atoms with van der Waals surface area (Å²) in [5.41, 5.74) is 0. The normalized spacial score (nSPS) is 10.4. The molecule has 0 amide bonds. The molecule has 1 rings (SSSR count). The number of rotatable bonds is 6. The standard InChI is InChI=1S/C9H17N3/c1-2-4-10-5-3-7-12-8-6-11-9-12/h6,8-10H,2-5,7H2,1H3. The van der Waals surface area contributed by atoms with Crippen LogP contribution in [0.5, 0.6) is 0 Å². The van der Waals surface area contributed by atoms with E-state index in [1.807, 2.05) is 18.7 Å². The predicted molar refractivity (Wildman–Crippen MR) is 50.0 cm³/mol. The summed E-state index contributed by atoms with van der Waals surface area (Å²) >= 11 is 0. The van der Waals surface area contributed by atoms with Crippen LogP contribution in [0.2, 0.25) is 0 Å². The first kappa shape index (κ1) is 9.26. The molecule has 1 aromatic rings. The van der Waals surface area contributed by atoms with Crippen molar-refractivity contribution >= 4 is 0 Å². The Morgan fingerprint density at radius 3 is 3.00 bits per heavy atom. The molecule has 3 heteroatoms. The van der Waals surface area contributed by atoms with Gasteiger partial charge in [0.1, 0.15) is 0 Å². The molecular weight excluding hydrogens is 150 g/mol. The van der Waals surface area contributed by atoms with E-state index in [1.165, 1.54) is 12.8 Å². The van der Waals surface area contributed by atoms with Crippen LogP contribution in [0.1, 0.15) is 19.8 Å². The SMILES string of the molecule is CCCNCCCn1ccnc1. The Labute approximate surface area is 73.8 Å². The third-order valence-electron chi connectivity index (χ3n) is 1.76. The highest BCUT2D eigenvalue weighted by Gasteiger charge is 1.89. The van der Waals surface area contributed by atoms with Crippen LogP contribution in [0.3, 0.4) is 0 Å². The van der Waals surface area contributed by atoms with Gasteiger partial charge >= 0.3 is 0 Å². The fraction of sp³-hybridized carbons (Fsp3) is 0.667. The predicted octanol–water partition coefficient (Wildman–Crippen LogP) is 1.27. The lowest BCUT2D eigenvalue weighted by molar-refractivity contribution is 0.578. The van der Waals surface area contributed by atoms with E-state index >= 15 is 0 Å². The van der Waals surface area contributed by atoms with Crippen LogP contribution in [0, 0.1) is 0 Å². The van der Waals surface area contributed by atoms with Crippen LogP contribution in [0.25, 0.3) is 0 Å². The van der Waals surface area contributed by atoms with E-state index in [0.717, 1.165) is 19.6 Å². The Bertz CT molecular complexity index is 182. The van der Waals surface area contributed by atoms with Gasteiger partial charge in [-0.2, -0.15) is 0 Å². The van der Waals surface area contributed by atoms with Gasteiger partial charge in [-0.15, -0.1) is 0 Å². The average Bonchev–Trinajstić information content (AvgIpc) is 2.57. The van der Waals surface area contributed by atoms with E-state index in [9.17, 15) is 0 Å². The summed E-state index contributed by atoms with van der Waals surface area (Å²) in [6.07, 6.45) is 8.07. The third-order valence-corrected chi connectivity index (χ3v) is 1.76. The molecule has 0 radical (unpaired) electrons. The fourth-order valence-corrected chi connectivity index (χ4v) is 1.11. The van der Waals surface area contributed by atoms with Crippen molar-refractivity contribution in [2.45, 2.75) is 26.3 Å². The molecule has 0 aliphatic carbocycles. The Morgan fingerprint density at radius 1 is 1.42 bits per heavy atom. The van der Waals surface area contributed by atoms with Gasteiger partial charge in [0.05, 0.1) is 6.33 Å². The topological polar surface area (TPSA) is 29.9 Å². The zero-order chi connectivity index (χ0) is 8.65. The highest BCUT2D eigenvalue weighted by molar-refractivity contribution is 4.73. The minimum atomic E-state index is 1.07. The molecule has 0 aliphatic heterocycles. The minimum Gasteiger partial charge on any atom is -0.337 e. The molecule has 3 nitrogen and oxygen atoms in total. The number of hydrogen-bond donors (Lipinski definition) is 1. The van der Waals surface area contributed by atoms with Crippen molar-refractivity contribution in [3.8, 4) is 0 Å². The van der Waals surface area contributed by atoms with Gasteiger partial charge in [-0.3, -0.25) is 0 Å². The monoisotopic (exact) mass is 167 g/mol. The molecule has 0 bridgehead atoms. The molecule has 0 unspecified atom stereocenters. The van der Waals surface area contributed by atoms with Crippen LogP contribution in [0.4, 0.5) is 0 Å².